The van der Waals surface area contributed by atoms with Gasteiger partial charge in [0.25, 0.3) is 5.91 Å². The van der Waals surface area contributed by atoms with E-state index in [9.17, 15) is 4.79 Å². The van der Waals surface area contributed by atoms with Crippen LogP contribution >= 0.6 is 11.6 Å². The van der Waals surface area contributed by atoms with Gasteiger partial charge in [0.05, 0.1) is 0 Å². The Hall–Kier alpha value is -1.85. The van der Waals surface area contributed by atoms with Crippen molar-refractivity contribution in [3.8, 4) is 0 Å². The molecule has 0 atom stereocenters. The zero-order valence-corrected chi connectivity index (χ0v) is 12.8. The van der Waals surface area contributed by atoms with E-state index in [0.29, 0.717) is 16.3 Å². The molecule has 0 spiro atoms. The number of carbonyl (C=O) groups excluding carboxylic acids is 1. The Bertz CT molecular complexity index is 565. The van der Waals surface area contributed by atoms with Gasteiger partial charge in [0.2, 0.25) is 0 Å². The summed E-state index contributed by atoms with van der Waals surface area (Å²) in [5.41, 5.74) is 2.04. The van der Waals surface area contributed by atoms with Crippen molar-refractivity contribution in [2.24, 2.45) is 0 Å². The Labute approximate surface area is 129 Å². The van der Waals surface area contributed by atoms with Crippen LogP contribution in [0.2, 0.25) is 5.02 Å². The number of carbonyl (C=O) groups is 1. The number of nitrogens with one attached hydrogen (secondary N) is 2. The molecule has 1 aliphatic rings. The van der Waals surface area contributed by atoms with Crippen molar-refractivity contribution in [2.45, 2.75) is 6.92 Å². The highest BCUT2D eigenvalue weighted by atomic mass is 35.5. The van der Waals surface area contributed by atoms with Gasteiger partial charge in [-0.1, -0.05) is 17.7 Å². The summed E-state index contributed by atoms with van der Waals surface area (Å²) < 4.78 is 0. The zero-order valence-electron chi connectivity index (χ0n) is 12.0. The van der Waals surface area contributed by atoms with Gasteiger partial charge in [-0.3, -0.25) is 10.2 Å². The fraction of sp³-hybridized carbons (Fsp3) is 0.333. The Morgan fingerprint density at radius 3 is 2.76 bits per heavy atom. The summed E-state index contributed by atoms with van der Waals surface area (Å²) in [5, 5.41) is 12.4. The zero-order chi connectivity index (χ0) is 15.2. The minimum absolute atomic E-state index is 0.174. The molecule has 21 heavy (non-hydrogen) atoms. The first kappa shape index (κ1) is 15.5. The van der Waals surface area contributed by atoms with Crippen LogP contribution in [0, 0.1) is 0 Å². The summed E-state index contributed by atoms with van der Waals surface area (Å²) in [5.74, 6) is -0.174. The van der Waals surface area contributed by atoms with Crippen LogP contribution in [0.25, 0.3) is 0 Å². The van der Waals surface area contributed by atoms with E-state index in [-0.39, 0.29) is 5.91 Å². The molecule has 2 rings (SSSR count). The maximum Gasteiger partial charge on any atom is 0.253 e. The van der Waals surface area contributed by atoms with Gasteiger partial charge in [-0.2, -0.15) is 0 Å². The first-order valence-corrected chi connectivity index (χ1v) is 7.28. The van der Waals surface area contributed by atoms with Crippen LogP contribution in [0.5, 0.6) is 0 Å². The molecule has 1 saturated heterocycles. The first-order valence-electron chi connectivity index (χ1n) is 6.90. The molecule has 5 nitrogen and oxygen atoms in total. The Balaban J connectivity index is 2.15. The fourth-order valence-corrected chi connectivity index (χ4v) is 2.47. The summed E-state index contributed by atoms with van der Waals surface area (Å²) in [4.78, 5) is 14.5. The van der Waals surface area contributed by atoms with E-state index in [1.54, 1.807) is 31.2 Å². The average Bonchev–Trinajstić information content (AvgIpc) is 2.49. The fourth-order valence-electron chi connectivity index (χ4n) is 2.28. The average molecular weight is 308 g/mol. The smallest absolute Gasteiger partial charge is 0.253 e. The van der Waals surface area contributed by atoms with Gasteiger partial charge in [-0.15, -0.1) is 0 Å². The van der Waals surface area contributed by atoms with E-state index in [0.717, 1.165) is 31.9 Å². The van der Waals surface area contributed by atoms with Crippen molar-refractivity contribution >= 4 is 29.4 Å². The van der Waals surface area contributed by atoms with Crippen molar-refractivity contribution in [3.05, 3.63) is 40.6 Å². The minimum atomic E-state index is -0.174. The van der Waals surface area contributed by atoms with Crippen molar-refractivity contribution in [1.82, 2.24) is 10.2 Å². The number of hydrogen-bond acceptors (Lipinski definition) is 3. The quantitative estimate of drug-likeness (QED) is 0.553. The Morgan fingerprint density at radius 1 is 1.43 bits per heavy atom. The summed E-state index contributed by atoms with van der Waals surface area (Å²) in [7, 11) is 0. The number of anilines is 1. The van der Waals surface area contributed by atoms with Crippen molar-refractivity contribution in [3.63, 3.8) is 0 Å². The lowest BCUT2D eigenvalue weighted by atomic mass is 10.1. The third-order valence-electron chi connectivity index (χ3n) is 3.42. The molecule has 0 aliphatic carbocycles. The number of nitrogens with two attached hydrogens (primary N) is 1. The van der Waals surface area contributed by atoms with E-state index >= 15 is 0 Å². The number of halogens is 1. The van der Waals surface area contributed by atoms with E-state index in [2.05, 4.69) is 15.5 Å². The second-order valence-electron chi connectivity index (χ2n) is 4.88. The highest BCUT2D eigenvalue weighted by Gasteiger charge is 2.19. The SMILES string of the molecule is C/C(C(=O)Nc1cccc(Cl)c1)=C(/C=[NH2+])N1CCNCC1. The van der Waals surface area contributed by atoms with Crippen LogP contribution in [0.3, 0.4) is 0 Å². The van der Waals surface area contributed by atoms with Gasteiger partial charge in [-0.05, 0) is 25.1 Å². The van der Waals surface area contributed by atoms with E-state index in [1.807, 2.05) is 0 Å². The second-order valence-corrected chi connectivity index (χ2v) is 5.31. The van der Waals surface area contributed by atoms with Crippen molar-refractivity contribution in [1.29, 1.82) is 0 Å². The Morgan fingerprint density at radius 2 is 2.14 bits per heavy atom. The topological polar surface area (TPSA) is 70.0 Å². The maximum atomic E-state index is 12.3. The van der Waals surface area contributed by atoms with Gasteiger partial charge in [0.1, 0.15) is 5.70 Å². The number of amides is 1. The lowest BCUT2D eigenvalue weighted by molar-refractivity contribution is -0.113. The summed E-state index contributed by atoms with van der Waals surface area (Å²) in [6, 6.07) is 7.07. The normalized spacial score (nSPS) is 16.2. The molecule has 0 aromatic heterocycles. The Kier molecular flexibility index (Phi) is 5.36. The number of nitrogens with zero attached hydrogens (tertiary/aromatic N) is 1. The molecule has 112 valence electrons. The molecule has 1 heterocycles. The molecule has 1 aromatic carbocycles. The number of benzene rings is 1. The van der Waals surface area contributed by atoms with Crippen LogP contribution in [-0.2, 0) is 4.79 Å². The number of rotatable bonds is 4. The molecule has 0 unspecified atom stereocenters. The van der Waals surface area contributed by atoms with E-state index < -0.39 is 0 Å². The van der Waals surface area contributed by atoms with Gasteiger partial charge in [0.15, 0.2) is 6.21 Å². The largest absolute Gasteiger partial charge is 0.364 e. The number of allylic oxidation sites excluding steroid dienone is 1. The molecule has 0 radical (unpaired) electrons. The van der Waals surface area contributed by atoms with Gasteiger partial charge >= 0.3 is 0 Å². The van der Waals surface area contributed by atoms with Gasteiger partial charge in [0, 0.05) is 42.5 Å². The third-order valence-corrected chi connectivity index (χ3v) is 3.66. The predicted octanol–water partition coefficient (Wildman–Crippen LogP) is 0.288. The van der Waals surface area contributed by atoms with Gasteiger partial charge in [-0.25, -0.2) is 0 Å². The first-order chi connectivity index (χ1) is 10.1. The molecular weight excluding hydrogens is 288 g/mol. The molecule has 1 aliphatic heterocycles. The van der Waals surface area contributed by atoms with E-state index in [1.165, 1.54) is 6.21 Å². The lowest BCUT2D eigenvalue weighted by Gasteiger charge is -2.29. The summed E-state index contributed by atoms with van der Waals surface area (Å²) in [6.45, 7) is 5.23. The summed E-state index contributed by atoms with van der Waals surface area (Å²) >= 11 is 5.91. The van der Waals surface area contributed by atoms with Crippen molar-refractivity contribution in [2.75, 3.05) is 31.5 Å². The highest BCUT2D eigenvalue weighted by molar-refractivity contribution is 6.31. The van der Waals surface area contributed by atoms with Crippen LogP contribution in [0.15, 0.2) is 35.5 Å². The third kappa shape index (κ3) is 4.06. The minimum Gasteiger partial charge on any atom is -0.364 e. The van der Waals surface area contributed by atoms with Crippen LogP contribution in [0.4, 0.5) is 5.69 Å². The highest BCUT2D eigenvalue weighted by Crippen LogP contribution is 2.17. The van der Waals surface area contributed by atoms with Gasteiger partial charge < -0.3 is 15.5 Å². The monoisotopic (exact) mass is 307 g/mol. The number of piperazine rings is 1. The molecule has 4 N–H and O–H groups in total. The van der Waals surface area contributed by atoms with Crippen LogP contribution < -0.4 is 16.0 Å². The molecule has 0 bridgehead atoms. The second kappa shape index (κ2) is 7.24. The predicted molar refractivity (Wildman–Crippen MR) is 85.2 cm³/mol. The van der Waals surface area contributed by atoms with Crippen LogP contribution in [0.1, 0.15) is 6.92 Å². The molecule has 1 fully saturated rings. The molecule has 0 saturated carbocycles. The van der Waals surface area contributed by atoms with Crippen molar-refractivity contribution < 1.29 is 10.2 Å². The standard InChI is InChI=1S/C15H19ClN4O/c1-11(14(10-17)20-7-5-18-6-8-20)15(21)19-13-4-2-3-12(16)9-13/h2-4,9-10,17-18H,5-8H2,1H3,(H,19,21)/p+1/b14-11+,17-10?. The maximum absolute atomic E-state index is 12.3. The number of hydrogen-bond donors (Lipinski definition) is 3. The lowest BCUT2D eigenvalue weighted by Crippen LogP contribution is -2.46. The molecular formula is C15H20ClN4O+. The van der Waals surface area contributed by atoms with E-state index in [4.69, 9.17) is 17.0 Å². The molecule has 1 aromatic rings. The summed E-state index contributed by atoms with van der Waals surface area (Å²) in [6.07, 6.45) is 1.50. The molecule has 1 amide bonds. The molecule has 6 heteroatoms. The van der Waals surface area contributed by atoms with Crippen LogP contribution in [-0.4, -0.2) is 43.2 Å².